The molecule has 0 bridgehead atoms. The number of halogens is 1. The van der Waals surface area contributed by atoms with Crippen LogP contribution in [0.3, 0.4) is 0 Å². The minimum Gasteiger partial charge on any atom is -0.487 e. The summed E-state index contributed by atoms with van der Waals surface area (Å²) >= 11 is 6.16. The molecular weight excluding hydrogens is 312 g/mol. The summed E-state index contributed by atoms with van der Waals surface area (Å²) in [6.45, 7) is 3.81. The molecule has 122 valence electrons. The van der Waals surface area contributed by atoms with Crippen LogP contribution in [0.4, 0.5) is 5.69 Å². The van der Waals surface area contributed by atoms with E-state index in [4.69, 9.17) is 22.1 Å². The molecule has 0 spiro atoms. The van der Waals surface area contributed by atoms with Crippen molar-refractivity contribution in [3.63, 3.8) is 0 Å². The van der Waals surface area contributed by atoms with Gasteiger partial charge in [0.2, 0.25) is 5.91 Å². The summed E-state index contributed by atoms with van der Waals surface area (Å²) in [4.78, 5) is 12.3. The molecule has 3 N–H and O–H groups in total. The molecule has 2 aromatic carbocycles. The topological polar surface area (TPSA) is 64.3 Å². The molecule has 2 aromatic rings. The Hall–Kier alpha value is -2.04. The third-order valence-corrected chi connectivity index (χ3v) is 3.53. The number of nitrogens with one attached hydrogen (secondary N) is 1. The number of amides is 1. The summed E-state index contributed by atoms with van der Waals surface area (Å²) in [7, 11) is 0. The number of hydrogen-bond donors (Lipinski definition) is 2. The molecule has 0 aromatic heterocycles. The Kier molecular flexibility index (Phi) is 6.02. The van der Waals surface area contributed by atoms with Crippen LogP contribution in [0.15, 0.2) is 48.5 Å². The van der Waals surface area contributed by atoms with Crippen molar-refractivity contribution in [2.75, 3.05) is 5.32 Å². The minimum atomic E-state index is -0.357. The number of carbonyl (C=O) groups excluding carboxylic acids is 1. The summed E-state index contributed by atoms with van der Waals surface area (Å²) in [5.74, 6) is 0.294. The predicted molar refractivity (Wildman–Crippen MR) is 93.8 cm³/mol. The van der Waals surface area contributed by atoms with E-state index in [1.165, 1.54) is 0 Å². The fourth-order valence-corrected chi connectivity index (χ4v) is 2.40. The quantitative estimate of drug-likeness (QED) is 0.835. The van der Waals surface area contributed by atoms with Crippen molar-refractivity contribution in [2.24, 2.45) is 5.73 Å². The first-order chi connectivity index (χ1) is 11.0. The predicted octanol–water partition coefficient (Wildman–Crippen LogP) is 4.16. The van der Waals surface area contributed by atoms with Crippen LogP contribution in [0, 0.1) is 0 Å². The van der Waals surface area contributed by atoms with Crippen LogP contribution in [0.1, 0.15) is 31.9 Å². The fourth-order valence-electron chi connectivity index (χ4n) is 2.18. The molecule has 0 aliphatic carbocycles. The van der Waals surface area contributed by atoms with Gasteiger partial charge in [-0.1, -0.05) is 48.0 Å². The van der Waals surface area contributed by atoms with Crippen LogP contribution in [0.25, 0.3) is 0 Å². The minimum absolute atomic E-state index is 0.0443. The number of benzene rings is 2. The fraction of sp³-hybridized carbons (Fsp3) is 0.278. The first-order valence-electron chi connectivity index (χ1n) is 7.53. The van der Waals surface area contributed by atoms with E-state index in [9.17, 15) is 4.79 Å². The number of rotatable bonds is 6. The van der Waals surface area contributed by atoms with Crippen molar-refractivity contribution in [1.29, 1.82) is 0 Å². The highest BCUT2D eigenvalue weighted by Crippen LogP contribution is 2.34. The number of hydrogen-bond acceptors (Lipinski definition) is 3. The molecule has 1 unspecified atom stereocenters. The molecule has 0 aliphatic rings. The van der Waals surface area contributed by atoms with Crippen LogP contribution < -0.4 is 15.8 Å². The first-order valence-corrected chi connectivity index (χ1v) is 7.90. The van der Waals surface area contributed by atoms with Crippen LogP contribution in [0.2, 0.25) is 5.02 Å². The molecule has 0 aliphatic heterocycles. The highest BCUT2D eigenvalue weighted by atomic mass is 35.5. The van der Waals surface area contributed by atoms with Gasteiger partial charge < -0.3 is 15.8 Å². The van der Waals surface area contributed by atoms with Gasteiger partial charge in [-0.05, 0) is 31.5 Å². The number of para-hydroxylation sites is 1. The Labute approximate surface area is 141 Å². The molecule has 5 heteroatoms. The zero-order valence-electron chi connectivity index (χ0n) is 13.3. The molecule has 23 heavy (non-hydrogen) atoms. The smallest absolute Gasteiger partial charge is 0.226 e. The molecular formula is C18H21ClN2O2. The summed E-state index contributed by atoms with van der Waals surface area (Å²) in [6, 6.07) is 14.4. The molecule has 0 heterocycles. The highest BCUT2D eigenvalue weighted by Gasteiger charge is 2.15. The second-order valence-corrected chi connectivity index (χ2v) is 5.96. The third kappa shape index (κ3) is 4.98. The standard InChI is InChI=1S/C18H21ClN2O2/c1-12(2)23-18-14(19)9-6-10-16(18)21-17(22)11-15(20)13-7-4-3-5-8-13/h3-10,12,15H,11,20H2,1-2H3,(H,21,22). The average Bonchev–Trinajstić information content (AvgIpc) is 2.51. The van der Waals surface area contributed by atoms with E-state index in [1.807, 2.05) is 44.2 Å². The van der Waals surface area contributed by atoms with Gasteiger partial charge in [-0.3, -0.25) is 4.79 Å². The molecule has 0 radical (unpaired) electrons. The van der Waals surface area contributed by atoms with E-state index >= 15 is 0 Å². The monoisotopic (exact) mass is 332 g/mol. The van der Waals surface area contributed by atoms with E-state index in [1.54, 1.807) is 18.2 Å². The zero-order valence-corrected chi connectivity index (χ0v) is 14.0. The van der Waals surface area contributed by atoms with E-state index in [0.29, 0.717) is 16.5 Å². The number of carbonyl (C=O) groups is 1. The summed E-state index contributed by atoms with van der Waals surface area (Å²) in [6.07, 6.45) is 0.134. The SMILES string of the molecule is CC(C)Oc1c(Cl)cccc1NC(=O)CC(N)c1ccccc1. The second kappa shape index (κ2) is 7.99. The van der Waals surface area contributed by atoms with Gasteiger partial charge in [0.25, 0.3) is 0 Å². The Balaban J connectivity index is 2.07. The van der Waals surface area contributed by atoms with Crippen molar-refractivity contribution in [2.45, 2.75) is 32.4 Å². The lowest BCUT2D eigenvalue weighted by Gasteiger charge is -2.17. The normalized spacial score (nSPS) is 12.0. The van der Waals surface area contributed by atoms with Crippen molar-refractivity contribution in [3.8, 4) is 5.75 Å². The Morgan fingerprint density at radius 2 is 1.87 bits per heavy atom. The number of nitrogens with two attached hydrogens (primary N) is 1. The lowest BCUT2D eigenvalue weighted by atomic mass is 10.0. The molecule has 1 amide bonds. The Bertz CT molecular complexity index is 659. The maximum atomic E-state index is 12.3. The lowest BCUT2D eigenvalue weighted by molar-refractivity contribution is -0.116. The van der Waals surface area contributed by atoms with Gasteiger partial charge in [-0.2, -0.15) is 0 Å². The molecule has 2 rings (SSSR count). The van der Waals surface area contributed by atoms with Gasteiger partial charge in [0, 0.05) is 12.5 Å². The van der Waals surface area contributed by atoms with Crippen LogP contribution in [-0.2, 0) is 4.79 Å². The van der Waals surface area contributed by atoms with Crippen molar-refractivity contribution < 1.29 is 9.53 Å². The Morgan fingerprint density at radius 3 is 2.52 bits per heavy atom. The van der Waals surface area contributed by atoms with Gasteiger partial charge in [0.05, 0.1) is 16.8 Å². The third-order valence-electron chi connectivity index (χ3n) is 3.23. The highest BCUT2D eigenvalue weighted by molar-refractivity contribution is 6.32. The van der Waals surface area contributed by atoms with Crippen molar-refractivity contribution in [3.05, 3.63) is 59.1 Å². The van der Waals surface area contributed by atoms with Gasteiger partial charge >= 0.3 is 0 Å². The molecule has 0 saturated carbocycles. The first kappa shape index (κ1) is 17.3. The van der Waals surface area contributed by atoms with E-state index in [-0.39, 0.29) is 24.5 Å². The Morgan fingerprint density at radius 1 is 1.17 bits per heavy atom. The van der Waals surface area contributed by atoms with Crippen LogP contribution in [-0.4, -0.2) is 12.0 Å². The molecule has 0 fully saturated rings. The van der Waals surface area contributed by atoms with Crippen LogP contribution in [0.5, 0.6) is 5.75 Å². The second-order valence-electron chi connectivity index (χ2n) is 5.55. The van der Waals surface area contributed by atoms with Gasteiger partial charge in [-0.25, -0.2) is 0 Å². The van der Waals surface area contributed by atoms with E-state index < -0.39 is 0 Å². The van der Waals surface area contributed by atoms with E-state index in [2.05, 4.69) is 5.32 Å². The lowest BCUT2D eigenvalue weighted by Crippen LogP contribution is -2.21. The molecule has 0 saturated heterocycles. The maximum Gasteiger partial charge on any atom is 0.226 e. The summed E-state index contributed by atoms with van der Waals surface area (Å²) < 4.78 is 5.69. The largest absolute Gasteiger partial charge is 0.487 e. The maximum absolute atomic E-state index is 12.3. The van der Waals surface area contributed by atoms with Gasteiger partial charge in [-0.15, -0.1) is 0 Å². The van der Waals surface area contributed by atoms with Crippen molar-refractivity contribution in [1.82, 2.24) is 0 Å². The zero-order chi connectivity index (χ0) is 16.8. The molecule has 4 nitrogen and oxygen atoms in total. The van der Waals surface area contributed by atoms with Crippen molar-refractivity contribution >= 4 is 23.2 Å². The van der Waals surface area contributed by atoms with E-state index in [0.717, 1.165) is 5.56 Å². The summed E-state index contributed by atoms with van der Waals surface area (Å²) in [5.41, 5.74) is 7.56. The number of ether oxygens (including phenoxy) is 1. The number of anilines is 1. The van der Waals surface area contributed by atoms with Gasteiger partial charge in [0.1, 0.15) is 0 Å². The van der Waals surface area contributed by atoms with Gasteiger partial charge in [0.15, 0.2) is 5.75 Å². The average molecular weight is 333 g/mol. The molecule has 1 atom stereocenters. The summed E-state index contributed by atoms with van der Waals surface area (Å²) in [5, 5.41) is 3.29. The van der Waals surface area contributed by atoms with Crippen LogP contribution >= 0.6 is 11.6 Å².